The third kappa shape index (κ3) is 4.07. The molecule has 0 fully saturated rings. The number of hydrogen-bond acceptors (Lipinski definition) is 4. The number of aromatic nitrogens is 1. The van der Waals surface area contributed by atoms with E-state index in [1.165, 1.54) is 7.11 Å². The third-order valence-electron chi connectivity index (χ3n) is 3.71. The highest BCUT2D eigenvalue weighted by molar-refractivity contribution is 6.33. The monoisotopic (exact) mass is 365 g/mol. The number of halogens is 1. The fourth-order valence-electron chi connectivity index (χ4n) is 2.45. The van der Waals surface area contributed by atoms with Crippen LogP contribution in [0.25, 0.3) is 11.1 Å². The zero-order valence-corrected chi connectivity index (χ0v) is 14.8. The van der Waals surface area contributed by atoms with Gasteiger partial charge in [-0.1, -0.05) is 59.2 Å². The number of nitrogens with one attached hydrogen (secondary N) is 1. The van der Waals surface area contributed by atoms with Crippen molar-refractivity contribution in [3.8, 4) is 11.1 Å². The van der Waals surface area contributed by atoms with Crippen molar-refractivity contribution in [3.05, 3.63) is 83.1 Å². The smallest absolute Gasteiger partial charge is 0.258 e. The zero-order valence-electron chi connectivity index (χ0n) is 14.0. The summed E-state index contributed by atoms with van der Waals surface area (Å²) in [6.45, 7) is 0. The maximum Gasteiger partial charge on any atom is 0.258 e. The molecule has 1 heterocycles. The van der Waals surface area contributed by atoms with E-state index in [2.05, 4.69) is 20.3 Å². The first-order valence-corrected chi connectivity index (χ1v) is 8.24. The Bertz CT molecular complexity index is 940. The van der Waals surface area contributed by atoms with Crippen LogP contribution in [0.3, 0.4) is 0 Å². The highest BCUT2D eigenvalue weighted by Gasteiger charge is 2.13. The molecule has 5 nitrogen and oxygen atoms in total. The molecule has 3 aromatic rings. The van der Waals surface area contributed by atoms with E-state index in [1.54, 1.807) is 24.5 Å². The average molecular weight is 366 g/mol. The Hall–Kier alpha value is -3.18. The van der Waals surface area contributed by atoms with E-state index in [1.807, 2.05) is 48.5 Å². The van der Waals surface area contributed by atoms with Gasteiger partial charge in [0.1, 0.15) is 12.3 Å². The minimum atomic E-state index is -0.306. The van der Waals surface area contributed by atoms with E-state index in [0.29, 0.717) is 11.3 Å². The molecule has 0 spiro atoms. The van der Waals surface area contributed by atoms with Crippen LogP contribution in [0.5, 0.6) is 0 Å². The van der Waals surface area contributed by atoms with Gasteiger partial charge in [0, 0.05) is 17.4 Å². The highest BCUT2D eigenvalue weighted by Crippen LogP contribution is 2.28. The van der Waals surface area contributed by atoms with Gasteiger partial charge in [-0.25, -0.2) is 4.98 Å². The molecule has 3 rings (SSSR count). The van der Waals surface area contributed by atoms with Crippen molar-refractivity contribution < 1.29 is 9.63 Å². The molecule has 0 saturated carbocycles. The molecular weight excluding hydrogens is 350 g/mol. The summed E-state index contributed by atoms with van der Waals surface area (Å²) in [4.78, 5) is 21.1. The van der Waals surface area contributed by atoms with Crippen molar-refractivity contribution in [1.29, 1.82) is 0 Å². The van der Waals surface area contributed by atoms with Crippen LogP contribution in [0.2, 0.25) is 5.15 Å². The molecule has 6 heteroatoms. The second-order valence-electron chi connectivity index (χ2n) is 5.38. The topological polar surface area (TPSA) is 63.6 Å². The molecule has 0 saturated heterocycles. The number of amides is 1. The number of rotatable bonds is 5. The summed E-state index contributed by atoms with van der Waals surface area (Å²) in [6.07, 6.45) is 3.17. The lowest BCUT2D eigenvalue weighted by Gasteiger charge is -2.12. The van der Waals surface area contributed by atoms with E-state index >= 15 is 0 Å². The molecule has 0 bridgehead atoms. The van der Waals surface area contributed by atoms with Gasteiger partial charge in [-0.05, 0) is 29.3 Å². The van der Waals surface area contributed by atoms with Gasteiger partial charge in [0.25, 0.3) is 5.91 Å². The predicted molar refractivity (Wildman–Crippen MR) is 104 cm³/mol. The van der Waals surface area contributed by atoms with Gasteiger partial charge in [0.05, 0.1) is 11.8 Å². The molecule has 1 amide bonds. The fourth-order valence-corrected chi connectivity index (χ4v) is 2.66. The second kappa shape index (κ2) is 8.27. The van der Waals surface area contributed by atoms with Crippen molar-refractivity contribution in [2.75, 3.05) is 12.4 Å². The first kappa shape index (κ1) is 17.6. The Kier molecular flexibility index (Phi) is 5.61. The van der Waals surface area contributed by atoms with Gasteiger partial charge in [-0.2, -0.15) is 0 Å². The van der Waals surface area contributed by atoms with Gasteiger partial charge in [-0.3, -0.25) is 4.79 Å². The van der Waals surface area contributed by atoms with Crippen molar-refractivity contribution in [1.82, 2.24) is 4.98 Å². The molecule has 0 unspecified atom stereocenters. The quantitative estimate of drug-likeness (QED) is 0.407. The highest BCUT2D eigenvalue weighted by atomic mass is 35.5. The maximum absolute atomic E-state index is 12.5. The fraction of sp³-hybridized carbons (Fsp3) is 0.0500. The Morgan fingerprint density at radius 1 is 1.12 bits per heavy atom. The van der Waals surface area contributed by atoms with Crippen LogP contribution < -0.4 is 5.32 Å². The standard InChI is InChI=1S/C20H16ClN3O2/c1-26-23-13-14-8-10-15(11-9-14)16-5-2-3-7-18(16)24-20(25)17-6-4-12-22-19(17)21/h2-13H,1H3,(H,24,25). The Labute approximate surface area is 156 Å². The lowest BCUT2D eigenvalue weighted by atomic mass is 10.0. The predicted octanol–water partition coefficient (Wildman–Crippen LogP) is 4.63. The molecule has 0 aliphatic rings. The summed E-state index contributed by atoms with van der Waals surface area (Å²) >= 11 is 6.01. The summed E-state index contributed by atoms with van der Waals surface area (Å²) in [5.41, 5.74) is 3.80. The number of hydrogen-bond donors (Lipinski definition) is 1. The Balaban J connectivity index is 1.88. The Morgan fingerprint density at radius 2 is 1.88 bits per heavy atom. The van der Waals surface area contributed by atoms with Crippen molar-refractivity contribution >= 4 is 29.4 Å². The largest absolute Gasteiger partial charge is 0.399 e. The number of oxime groups is 1. The van der Waals surface area contributed by atoms with Crippen LogP contribution in [0.1, 0.15) is 15.9 Å². The number of para-hydroxylation sites is 1. The third-order valence-corrected chi connectivity index (χ3v) is 4.01. The number of carbonyl (C=O) groups is 1. The molecule has 0 radical (unpaired) electrons. The molecule has 0 aliphatic heterocycles. The van der Waals surface area contributed by atoms with Gasteiger partial charge in [0.2, 0.25) is 0 Å². The molecule has 0 atom stereocenters. The van der Waals surface area contributed by atoms with Crippen LogP contribution in [0, 0.1) is 0 Å². The van der Waals surface area contributed by atoms with Gasteiger partial charge in [0.15, 0.2) is 0 Å². The lowest BCUT2D eigenvalue weighted by Crippen LogP contribution is -2.13. The van der Waals surface area contributed by atoms with E-state index in [9.17, 15) is 4.79 Å². The molecule has 130 valence electrons. The Morgan fingerprint density at radius 3 is 2.62 bits per heavy atom. The van der Waals surface area contributed by atoms with Crippen LogP contribution in [0.4, 0.5) is 5.69 Å². The summed E-state index contributed by atoms with van der Waals surface area (Å²) in [5.74, 6) is -0.306. The van der Waals surface area contributed by atoms with E-state index < -0.39 is 0 Å². The van der Waals surface area contributed by atoms with Crippen molar-refractivity contribution in [2.45, 2.75) is 0 Å². The number of anilines is 1. The van der Waals surface area contributed by atoms with Gasteiger partial charge in [-0.15, -0.1) is 0 Å². The van der Waals surface area contributed by atoms with E-state index in [-0.39, 0.29) is 11.1 Å². The van der Waals surface area contributed by atoms with Crippen molar-refractivity contribution in [3.63, 3.8) is 0 Å². The number of pyridine rings is 1. The summed E-state index contributed by atoms with van der Waals surface area (Å²) < 4.78 is 0. The minimum absolute atomic E-state index is 0.171. The average Bonchev–Trinajstić information content (AvgIpc) is 2.67. The SMILES string of the molecule is CON=Cc1ccc(-c2ccccc2NC(=O)c2cccnc2Cl)cc1. The zero-order chi connectivity index (χ0) is 18.4. The summed E-state index contributed by atoms with van der Waals surface area (Å²) in [5, 5.41) is 6.82. The van der Waals surface area contributed by atoms with Crippen molar-refractivity contribution in [2.24, 2.45) is 5.16 Å². The number of benzene rings is 2. The molecule has 0 aliphatic carbocycles. The van der Waals surface area contributed by atoms with Gasteiger partial charge >= 0.3 is 0 Å². The van der Waals surface area contributed by atoms with E-state index in [0.717, 1.165) is 16.7 Å². The molecule has 1 aromatic heterocycles. The molecule has 26 heavy (non-hydrogen) atoms. The number of nitrogens with zero attached hydrogens (tertiary/aromatic N) is 2. The van der Waals surface area contributed by atoms with Gasteiger partial charge < -0.3 is 10.2 Å². The minimum Gasteiger partial charge on any atom is -0.399 e. The number of carbonyl (C=O) groups excluding carboxylic acids is 1. The summed E-state index contributed by atoms with van der Waals surface area (Å²) in [6, 6.07) is 18.6. The molecule has 2 aromatic carbocycles. The van der Waals surface area contributed by atoms with Crippen LogP contribution in [-0.2, 0) is 4.84 Å². The first-order valence-electron chi connectivity index (χ1n) is 7.87. The molecular formula is C20H16ClN3O2. The summed E-state index contributed by atoms with van der Waals surface area (Å²) in [7, 11) is 1.50. The molecule has 1 N–H and O–H groups in total. The van der Waals surface area contributed by atoms with Crippen LogP contribution in [0.15, 0.2) is 72.0 Å². The normalized spacial score (nSPS) is 10.7. The van der Waals surface area contributed by atoms with Crippen LogP contribution >= 0.6 is 11.6 Å². The lowest BCUT2D eigenvalue weighted by molar-refractivity contribution is 0.102. The van der Waals surface area contributed by atoms with E-state index in [4.69, 9.17) is 11.6 Å². The first-order chi connectivity index (χ1) is 12.7. The van der Waals surface area contributed by atoms with Crippen LogP contribution in [-0.4, -0.2) is 24.2 Å². The maximum atomic E-state index is 12.5. The second-order valence-corrected chi connectivity index (χ2v) is 5.74.